The molecule has 0 unspecified atom stereocenters. The topological polar surface area (TPSA) is 84.5 Å². The highest BCUT2D eigenvalue weighted by atomic mass is 32.2. The van der Waals surface area contributed by atoms with Gasteiger partial charge in [0.1, 0.15) is 5.75 Å². The molecule has 0 spiro atoms. The summed E-state index contributed by atoms with van der Waals surface area (Å²) in [7, 11) is -3.77. The van der Waals surface area contributed by atoms with Gasteiger partial charge in [0.25, 0.3) is 0 Å². The Labute approximate surface area is 138 Å². The molecular weight excluding hydrogens is 316 g/mol. The minimum absolute atomic E-state index is 0.00201. The molecular formula is C16H26N2O4S. The fourth-order valence-electron chi connectivity index (χ4n) is 1.93. The molecule has 6 nitrogen and oxygen atoms in total. The number of rotatable bonds is 8. The van der Waals surface area contributed by atoms with Crippen LogP contribution in [0.2, 0.25) is 0 Å². The minimum atomic E-state index is -3.77. The Morgan fingerprint density at radius 3 is 2.43 bits per heavy atom. The van der Waals surface area contributed by atoms with Crippen molar-refractivity contribution in [2.75, 3.05) is 6.61 Å². The quantitative estimate of drug-likeness (QED) is 0.756. The van der Waals surface area contributed by atoms with Crippen LogP contribution in [0, 0.1) is 6.92 Å². The summed E-state index contributed by atoms with van der Waals surface area (Å²) in [5.41, 5.74) is 0.728. The first kappa shape index (κ1) is 19.4. The normalized spacial score (nSPS) is 14.1. The number of carbonyl (C=O) groups excluding carboxylic acids is 1. The van der Waals surface area contributed by atoms with Crippen LogP contribution in [-0.2, 0) is 14.8 Å². The van der Waals surface area contributed by atoms with Crippen molar-refractivity contribution >= 4 is 15.9 Å². The minimum Gasteiger partial charge on any atom is -0.494 e. The van der Waals surface area contributed by atoms with E-state index in [-0.39, 0.29) is 16.8 Å². The number of hydrogen-bond acceptors (Lipinski definition) is 4. The second-order valence-corrected chi connectivity index (χ2v) is 7.24. The summed E-state index contributed by atoms with van der Waals surface area (Å²) in [5.74, 6) is 0.305. The fourth-order valence-corrected chi connectivity index (χ4v) is 3.22. The molecule has 0 bridgehead atoms. The maximum atomic E-state index is 12.4. The fraction of sp³-hybridized carbons (Fsp3) is 0.562. The maximum absolute atomic E-state index is 12.4. The molecule has 0 aromatic heterocycles. The van der Waals surface area contributed by atoms with Gasteiger partial charge in [0.05, 0.1) is 17.5 Å². The number of benzene rings is 1. The van der Waals surface area contributed by atoms with Crippen LogP contribution < -0.4 is 14.8 Å². The number of carbonyl (C=O) groups is 1. The summed E-state index contributed by atoms with van der Waals surface area (Å²) in [6, 6.07) is 3.78. The van der Waals surface area contributed by atoms with Crippen molar-refractivity contribution in [1.29, 1.82) is 0 Å². The van der Waals surface area contributed by atoms with E-state index in [2.05, 4.69) is 10.0 Å². The summed E-state index contributed by atoms with van der Waals surface area (Å²) < 4.78 is 32.6. The van der Waals surface area contributed by atoms with Gasteiger partial charge in [0.2, 0.25) is 15.9 Å². The van der Waals surface area contributed by atoms with Crippen LogP contribution in [0.4, 0.5) is 0 Å². The van der Waals surface area contributed by atoms with E-state index in [1.54, 1.807) is 13.0 Å². The summed E-state index contributed by atoms with van der Waals surface area (Å²) in [6.07, 6.45) is 0.781. The molecule has 0 heterocycles. The van der Waals surface area contributed by atoms with Crippen molar-refractivity contribution in [3.63, 3.8) is 0 Å². The van der Waals surface area contributed by atoms with Crippen molar-refractivity contribution in [3.8, 4) is 5.75 Å². The van der Waals surface area contributed by atoms with Crippen LogP contribution in [0.5, 0.6) is 5.75 Å². The molecule has 0 saturated heterocycles. The van der Waals surface area contributed by atoms with E-state index < -0.39 is 16.1 Å². The monoisotopic (exact) mass is 342 g/mol. The number of aryl methyl sites for hydroxylation is 1. The van der Waals surface area contributed by atoms with Crippen LogP contribution in [0.3, 0.4) is 0 Å². The van der Waals surface area contributed by atoms with Gasteiger partial charge in [0.15, 0.2) is 0 Å². The van der Waals surface area contributed by atoms with Gasteiger partial charge < -0.3 is 10.1 Å². The van der Waals surface area contributed by atoms with Crippen LogP contribution >= 0.6 is 0 Å². The van der Waals surface area contributed by atoms with Crippen molar-refractivity contribution in [3.05, 3.63) is 23.8 Å². The Morgan fingerprint density at radius 1 is 1.26 bits per heavy atom. The van der Waals surface area contributed by atoms with Crippen LogP contribution in [0.15, 0.2) is 23.1 Å². The molecule has 0 aliphatic carbocycles. The van der Waals surface area contributed by atoms with Crippen molar-refractivity contribution < 1.29 is 17.9 Å². The number of ether oxygens (including phenoxy) is 1. The van der Waals surface area contributed by atoms with Crippen LogP contribution in [0.25, 0.3) is 0 Å². The third kappa shape index (κ3) is 5.51. The smallest absolute Gasteiger partial charge is 0.241 e. The second-order valence-electron chi connectivity index (χ2n) is 5.52. The average molecular weight is 342 g/mol. The van der Waals surface area contributed by atoms with E-state index >= 15 is 0 Å². The highest BCUT2D eigenvalue weighted by Gasteiger charge is 2.23. The van der Waals surface area contributed by atoms with Gasteiger partial charge in [-0.2, -0.15) is 4.72 Å². The summed E-state index contributed by atoms with van der Waals surface area (Å²) in [5, 5.41) is 2.75. The van der Waals surface area contributed by atoms with Gasteiger partial charge in [-0.3, -0.25) is 4.79 Å². The number of hydrogen-bond donors (Lipinski definition) is 2. The molecule has 1 aromatic rings. The zero-order chi connectivity index (χ0) is 17.6. The lowest BCUT2D eigenvalue weighted by Crippen LogP contribution is -2.47. The van der Waals surface area contributed by atoms with Crippen LogP contribution in [-0.4, -0.2) is 33.0 Å². The van der Waals surface area contributed by atoms with Gasteiger partial charge in [-0.25, -0.2) is 8.42 Å². The highest BCUT2D eigenvalue weighted by molar-refractivity contribution is 7.89. The zero-order valence-corrected chi connectivity index (χ0v) is 15.2. The Hall–Kier alpha value is -1.60. The lowest BCUT2D eigenvalue weighted by atomic mass is 10.2. The van der Waals surface area contributed by atoms with Crippen molar-refractivity contribution in [1.82, 2.24) is 10.0 Å². The molecule has 0 aliphatic heterocycles. The molecule has 1 aromatic carbocycles. The molecule has 7 heteroatoms. The van der Waals surface area contributed by atoms with E-state index in [4.69, 9.17) is 4.74 Å². The molecule has 1 rings (SSSR count). The summed E-state index contributed by atoms with van der Waals surface area (Å²) in [4.78, 5) is 12.1. The number of sulfonamides is 1. The first-order chi connectivity index (χ1) is 10.7. The molecule has 2 N–H and O–H groups in total. The molecule has 0 fully saturated rings. The first-order valence-corrected chi connectivity index (χ1v) is 9.25. The van der Waals surface area contributed by atoms with Gasteiger partial charge in [-0.15, -0.1) is 0 Å². The van der Waals surface area contributed by atoms with E-state index in [1.807, 2.05) is 20.8 Å². The second kappa shape index (κ2) is 8.31. The molecule has 1 amide bonds. The van der Waals surface area contributed by atoms with Gasteiger partial charge in [0, 0.05) is 6.04 Å². The van der Waals surface area contributed by atoms with Crippen molar-refractivity contribution in [2.45, 2.75) is 58.0 Å². The Balaban J connectivity index is 2.86. The molecule has 130 valence electrons. The molecule has 23 heavy (non-hydrogen) atoms. The largest absolute Gasteiger partial charge is 0.494 e. The number of nitrogens with one attached hydrogen (secondary N) is 2. The van der Waals surface area contributed by atoms with E-state index in [1.165, 1.54) is 19.1 Å². The lowest BCUT2D eigenvalue weighted by Gasteiger charge is -2.18. The third-order valence-electron chi connectivity index (χ3n) is 3.48. The standard InChI is InChI=1S/C16H26N2O4S/c1-6-12(4)17-16(19)13(5)18-23(20,21)14-8-9-15(22-7-2)11(3)10-14/h8-10,12-13,18H,6-7H2,1-5H3,(H,17,19)/t12-,13-/m1/s1. The van der Waals surface area contributed by atoms with Gasteiger partial charge in [-0.05, 0) is 57.9 Å². The summed E-state index contributed by atoms with van der Waals surface area (Å²) >= 11 is 0. The first-order valence-electron chi connectivity index (χ1n) is 7.77. The maximum Gasteiger partial charge on any atom is 0.241 e. The van der Waals surface area contributed by atoms with Gasteiger partial charge in [-0.1, -0.05) is 6.92 Å². The zero-order valence-electron chi connectivity index (χ0n) is 14.3. The predicted molar refractivity (Wildman–Crippen MR) is 90.0 cm³/mol. The van der Waals surface area contributed by atoms with Crippen LogP contribution in [0.1, 0.15) is 39.7 Å². The lowest BCUT2D eigenvalue weighted by molar-refractivity contribution is -0.122. The van der Waals surface area contributed by atoms with Gasteiger partial charge >= 0.3 is 0 Å². The molecule has 0 saturated carbocycles. The summed E-state index contributed by atoms with van der Waals surface area (Å²) in [6.45, 7) is 9.50. The number of amides is 1. The Morgan fingerprint density at radius 2 is 1.91 bits per heavy atom. The Kier molecular flexibility index (Phi) is 7.02. The van der Waals surface area contributed by atoms with E-state index in [0.717, 1.165) is 12.0 Å². The highest BCUT2D eigenvalue weighted by Crippen LogP contribution is 2.21. The molecule has 2 atom stereocenters. The average Bonchev–Trinajstić information content (AvgIpc) is 2.48. The molecule has 0 radical (unpaired) electrons. The Bertz CT molecular complexity index is 643. The van der Waals surface area contributed by atoms with Crippen molar-refractivity contribution in [2.24, 2.45) is 0 Å². The SMILES string of the molecule is CCOc1ccc(S(=O)(=O)N[C@H](C)C(=O)N[C@H](C)CC)cc1C. The van der Waals surface area contributed by atoms with E-state index in [9.17, 15) is 13.2 Å². The molecule has 0 aliphatic rings. The van der Waals surface area contributed by atoms with E-state index in [0.29, 0.717) is 12.4 Å². The predicted octanol–water partition coefficient (Wildman–Crippen LogP) is 1.98. The third-order valence-corrected chi connectivity index (χ3v) is 5.02.